The van der Waals surface area contributed by atoms with Crippen LogP contribution in [0.15, 0.2) is 42.5 Å². The molecule has 0 saturated carbocycles. The van der Waals surface area contributed by atoms with E-state index >= 15 is 0 Å². The van der Waals surface area contributed by atoms with Gasteiger partial charge >= 0.3 is 0 Å². The number of rotatable bonds is 3. The Balaban J connectivity index is 2.08. The topological polar surface area (TPSA) is 9.23 Å². The third kappa shape index (κ3) is 2.91. The minimum atomic E-state index is 0.406. The Morgan fingerprint density at radius 3 is 2.56 bits per heavy atom. The zero-order valence-electron chi connectivity index (χ0n) is 8.41. The second-order valence-corrected chi connectivity index (χ2v) is 4.10. The molecule has 0 fully saturated rings. The van der Waals surface area contributed by atoms with Crippen molar-refractivity contribution in [2.75, 3.05) is 0 Å². The Bertz CT molecular complexity index is 469. The predicted octanol–water partition coefficient (Wildman–Crippen LogP) is 4.37. The molecule has 0 unspecified atom stereocenters. The molecule has 1 radical (unpaired) electrons. The molecule has 0 aliphatic rings. The van der Waals surface area contributed by atoms with Gasteiger partial charge in [-0.05, 0) is 36.4 Å². The van der Waals surface area contributed by atoms with E-state index in [4.69, 9.17) is 27.9 Å². The number of benzene rings is 2. The second-order valence-electron chi connectivity index (χ2n) is 3.26. The van der Waals surface area contributed by atoms with Crippen molar-refractivity contribution in [3.8, 4) is 5.75 Å². The molecule has 0 atom stereocenters. The van der Waals surface area contributed by atoms with Crippen molar-refractivity contribution in [3.05, 3.63) is 64.1 Å². The van der Waals surface area contributed by atoms with Crippen LogP contribution in [-0.2, 0) is 6.61 Å². The minimum absolute atomic E-state index is 0.406. The number of hydrogen-bond acceptors (Lipinski definition) is 1. The molecule has 0 aliphatic heterocycles. The smallest absolute Gasteiger partial charge is 0.119 e. The van der Waals surface area contributed by atoms with Crippen LogP contribution in [0.25, 0.3) is 0 Å². The first-order valence-corrected chi connectivity index (χ1v) is 5.54. The monoisotopic (exact) mass is 251 g/mol. The lowest BCUT2D eigenvalue weighted by Gasteiger charge is -2.07. The second kappa shape index (κ2) is 5.24. The fraction of sp³-hybridized carbons (Fsp3) is 0.0769. The summed E-state index contributed by atoms with van der Waals surface area (Å²) in [4.78, 5) is 0. The summed E-state index contributed by atoms with van der Waals surface area (Å²) in [6, 6.07) is 15.5. The average Bonchev–Trinajstić information content (AvgIpc) is 2.32. The summed E-state index contributed by atoms with van der Waals surface area (Å²) in [7, 11) is 0. The number of halogens is 2. The molecule has 0 saturated heterocycles. The van der Waals surface area contributed by atoms with Crippen LogP contribution in [0.1, 0.15) is 5.56 Å². The summed E-state index contributed by atoms with van der Waals surface area (Å²) in [5.41, 5.74) is 0.877. The number of hydrogen-bond donors (Lipinski definition) is 0. The molecule has 1 nitrogen and oxygen atoms in total. The van der Waals surface area contributed by atoms with Crippen molar-refractivity contribution in [3.63, 3.8) is 0 Å². The lowest BCUT2D eigenvalue weighted by atomic mass is 10.2. The Hall–Kier alpha value is -1.18. The zero-order valence-corrected chi connectivity index (χ0v) is 9.92. The van der Waals surface area contributed by atoms with Crippen LogP contribution in [0.5, 0.6) is 5.75 Å². The summed E-state index contributed by atoms with van der Waals surface area (Å²) < 4.78 is 5.56. The van der Waals surface area contributed by atoms with Gasteiger partial charge in [-0.3, -0.25) is 0 Å². The standard InChI is InChI=1S/C13H9Cl2O/c14-11-6-7-13(15)10(8-11)9-16-12-4-2-1-3-5-12/h2-8H,9H2. The molecular weight excluding hydrogens is 243 g/mol. The summed E-state index contributed by atoms with van der Waals surface area (Å²) >= 11 is 11.9. The fourth-order valence-electron chi connectivity index (χ4n) is 1.28. The first-order valence-electron chi connectivity index (χ1n) is 4.78. The molecule has 0 aliphatic carbocycles. The SMILES string of the molecule is Clc1ccc(Cl)c(COc2cc[c]cc2)c1. The maximum atomic E-state index is 6.02. The Morgan fingerprint density at radius 1 is 1.06 bits per heavy atom. The van der Waals surface area contributed by atoms with E-state index in [-0.39, 0.29) is 0 Å². The van der Waals surface area contributed by atoms with Crippen LogP contribution in [0.3, 0.4) is 0 Å². The Morgan fingerprint density at radius 2 is 1.81 bits per heavy atom. The van der Waals surface area contributed by atoms with Gasteiger partial charge in [0.2, 0.25) is 0 Å². The highest BCUT2D eigenvalue weighted by Crippen LogP contribution is 2.22. The van der Waals surface area contributed by atoms with E-state index in [2.05, 4.69) is 6.07 Å². The van der Waals surface area contributed by atoms with E-state index in [9.17, 15) is 0 Å². The lowest BCUT2D eigenvalue weighted by Crippen LogP contribution is -1.96. The van der Waals surface area contributed by atoms with Crippen LogP contribution in [0.4, 0.5) is 0 Å². The largest absolute Gasteiger partial charge is 0.489 e. The van der Waals surface area contributed by atoms with E-state index < -0.39 is 0 Å². The maximum Gasteiger partial charge on any atom is 0.119 e. The first kappa shape index (κ1) is 11.3. The van der Waals surface area contributed by atoms with Crippen LogP contribution < -0.4 is 4.74 Å². The summed E-state index contributed by atoms with van der Waals surface area (Å²) in [5, 5.41) is 1.32. The van der Waals surface area contributed by atoms with Crippen LogP contribution in [0, 0.1) is 6.07 Å². The number of ether oxygens (including phenoxy) is 1. The molecular formula is C13H9Cl2O. The van der Waals surface area contributed by atoms with Crippen molar-refractivity contribution in [2.45, 2.75) is 6.61 Å². The van der Waals surface area contributed by atoms with Crippen LogP contribution >= 0.6 is 23.2 Å². The van der Waals surface area contributed by atoms with Gasteiger partial charge in [-0.2, -0.15) is 0 Å². The fourth-order valence-corrected chi connectivity index (χ4v) is 1.65. The predicted molar refractivity (Wildman–Crippen MR) is 66.1 cm³/mol. The van der Waals surface area contributed by atoms with Gasteiger partial charge in [0.05, 0.1) is 0 Å². The first-order chi connectivity index (χ1) is 7.75. The van der Waals surface area contributed by atoms with Crippen LogP contribution in [-0.4, -0.2) is 0 Å². The molecule has 0 amide bonds. The van der Waals surface area contributed by atoms with Gasteiger partial charge in [0, 0.05) is 15.6 Å². The molecule has 0 spiro atoms. The van der Waals surface area contributed by atoms with E-state index in [1.54, 1.807) is 30.3 Å². The average molecular weight is 252 g/mol. The molecule has 2 aromatic rings. The van der Waals surface area contributed by atoms with Crippen molar-refractivity contribution in [1.29, 1.82) is 0 Å². The van der Waals surface area contributed by atoms with Gasteiger partial charge in [0.1, 0.15) is 12.4 Å². The lowest BCUT2D eigenvalue weighted by molar-refractivity contribution is 0.306. The molecule has 3 heteroatoms. The molecule has 0 bridgehead atoms. The van der Waals surface area contributed by atoms with Gasteiger partial charge in [-0.15, -0.1) is 0 Å². The third-order valence-corrected chi connectivity index (χ3v) is 2.69. The molecule has 2 rings (SSSR count). The molecule has 0 aromatic heterocycles. The Labute approximate surface area is 105 Å². The van der Waals surface area contributed by atoms with Crippen LogP contribution in [0.2, 0.25) is 10.0 Å². The normalized spacial score (nSPS) is 10.1. The van der Waals surface area contributed by atoms with Gasteiger partial charge in [0.25, 0.3) is 0 Å². The van der Waals surface area contributed by atoms with Gasteiger partial charge in [0.15, 0.2) is 0 Å². The maximum absolute atomic E-state index is 6.02. The zero-order chi connectivity index (χ0) is 11.4. The van der Waals surface area contributed by atoms with E-state index in [1.165, 1.54) is 0 Å². The third-order valence-electron chi connectivity index (χ3n) is 2.09. The van der Waals surface area contributed by atoms with Gasteiger partial charge in [-0.25, -0.2) is 0 Å². The minimum Gasteiger partial charge on any atom is -0.489 e. The van der Waals surface area contributed by atoms with Crippen molar-refractivity contribution < 1.29 is 4.74 Å². The van der Waals surface area contributed by atoms with Crippen molar-refractivity contribution in [1.82, 2.24) is 0 Å². The summed E-state index contributed by atoms with van der Waals surface area (Å²) in [5.74, 6) is 0.787. The van der Waals surface area contributed by atoms with Gasteiger partial charge in [-0.1, -0.05) is 35.3 Å². The van der Waals surface area contributed by atoms with E-state index in [0.717, 1.165) is 11.3 Å². The molecule has 81 valence electrons. The Kier molecular flexibility index (Phi) is 3.70. The molecule has 0 heterocycles. The quantitative estimate of drug-likeness (QED) is 0.787. The summed E-state index contributed by atoms with van der Waals surface area (Å²) in [6.45, 7) is 0.406. The van der Waals surface area contributed by atoms with Gasteiger partial charge < -0.3 is 4.74 Å². The van der Waals surface area contributed by atoms with Crippen molar-refractivity contribution >= 4 is 23.2 Å². The summed E-state index contributed by atoms with van der Waals surface area (Å²) in [6.07, 6.45) is 0. The highest BCUT2D eigenvalue weighted by atomic mass is 35.5. The highest BCUT2D eigenvalue weighted by molar-refractivity contribution is 6.33. The molecule has 0 N–H and O–H groups in total. The highest BCUT2D eigenvalue weighted by Gasteiger charge is 2.02. The molecule has 16 heavy (non-hydrogen) atoms. The van der Waals surface area contributed by atoms with Crippen molar-refractivity contribution in [2.24, 2.45) is 0 Å². The van der Waals surface area contributed by atoms with E-state index in [0.29, 0.717) is 16.7 Å². The molecule has 2 aromatic carbocycles. The van der Waals surface area contributed by atoms with E-state index in [1.807, 2.05) is 12.1 Å².